The maximum atomic E-state index is 13.2. The molecular formula is C24H32N4O4. The molecule has 1 aromatic carbocycles. The molecule has 0 saturated carbocycles. The van der Waals surface area contributed by atoms with Crippen LogP contribution in [0.4, 0.5) is 0 Å². The third-order valence-electron chi connectivity index (χ3n) is 5.36. The molecule has 2 aromatic rings. The summed E-state index contributed by atoms with van der Waals surface area (Å²) < 4.78 is 7.41. The van der Waals surface area contributed by atoms with Gasteiger partial charge in [0.1, 0.15) is 5.60 Å². The lowest BCUT2D eigenvalue weighted by atomic mass is 9.94. The maximum Gasteiger partial charge on any atom is 0.333 e. The average molecular weight is 441 g/mol. The van der Waals surface area contributed by atoms with Crippen molar-refractivity contribution in [2.24, 2.45) is 5.92 Å². The minimum atomic E-state index is -0.934. The highest BCUT2D eigenvalue weighted by atomic mass is 16.6. The van der Waals surface area contributed by atoms with E-state index in [1.165, 1.54) is 6.92 Å². The molecule has 1 aliphatic rings. The number of rotatable bonds is 6. The Hall–Kier alpha value is -3.16. The summed E-state index contributed by atoms with van der Waals surface area (Å²) in [5, 5.41) is 10.1. The minimum absolute atomic E-state index is 0.0691. The van der Waals surface area contributed by atoms with E-state index >= 15 is 0 Å². The van der Waals surface area contributed by atoms with Crippen LogP contribution in [0.1, 0.15) is 67.3 Å². The third-order valence-corrected chi connectivity index (χ3v) is 5.36. The lowest BCUT2D eigenvalue weighted by Crippen LogP contribution is -2.38. The maximum absolute atomic E-state index is 13.2. The number of nitrogens with zero attached hydrogens (tertiary/aromatic N) is 2. The van der Waals surface area contributed by atoms with Crippen LogP contribution in [-0.2, 0) is 27.3 Å². The van der Waals surface area contributed by atoms with Crippen LogP contribution < -0.4 is 10.6 Å². The van der Waals surface area contributed by atoms with Crippen LogP contribution in [0.3, 0.4) is 0 Å². The summed E-state index contributed by atoms with van der Waals surface area (Å²) in [6, 6.07) is 6.52. The van der Waals surface area contributed by atoms with Crippen molar-refractivity contribution < 1.29 is 19.1 Å². The first-order valence-electron chi connectivity index (χ1n) is 10.9. The minimum Gasteiger partial charge on any atom is -0.458 e. The van der Waals surface area contributed by atoms with Gasteiger partial charge in [0.2, 0.25) is 5.91 Å². The normalized spacial score (nSPS) is 16.6. The number of hydrogen-bond acceptors (Lipinski definition) is 5. The van der Waals surface area contributed by atoms with Crippen LogP contribution in [0.5, 0.6) is 0 Å². The van der Waals surface area contributed by atoms with E-state index in [-0.39, 0.29) is 17.7 Å². The second-order valence-electron chi connectivity index (χ2n) is 9.38. The molecule has 172 valence electrons. The first-order valence-corrected chi connectivity index (χ1v) is 10.9. The Bertz CT molecular complexity index is 1010. The van der Waals surface area contributed by atoms with Gasteiger partial charge in [0.25, 0.3) is 5.91 Å². The predicted octanol–water partition coefficient (Wildman–Crippen LogP) is 2.70. The number of carbonyl (C=O) groups is 3. The Kier molecular flexibility index (Phi) is 7.01. The molecule has 3 rings (SSSR count). The van der Waals surface area contributed by atoms with Crippen LogP contribution in [0, 0.1) is 12.8 Å². The summed E-state index contributed by atoms with van der Waals surface area (Å²) in [6.07, 6.45) is 3.05. The summed E-state index contributed by atoms with van der Waals surface area (Å²) in [4.78, 5) is 37.5. The van der Waals surface area contributed by atoms with Crippen molar-refractivity contribution in [2.45, 2.75) is 65.6 Å². The molecule has 2 atom stereocenters. The van der Waals surface area contributed by atoms with Crippen molar-refractivity contribution in [3.63, 3.8) is 0 Å². The number of esters is 1. The van der Waals surface area contributed by atoms with Crippen molar-refractivity contribution in [3.05, 3.63) is 52.8 Å². The van der Waals surface area contributed by atoms with E-state index in [4.69, 9.17) is 4.74 Å². The van der Waals surface area contributed by atoms with Gasteiger partial charge in [-0.1, -0.05) is 29.8 Å². The van der Waals surface area contributed by atoms with Crippen LogP contribution in [-0.4, -0.2) is 39.7 Å². The van der Waals surface area contributed by atoms with Gasteiger partial charge in [-0.3, -0.25) is 14.3 Å². The number of amides is 2. The number of fused-ring (bicyclic) bond motifs is 1. The van der Waals surface area contributed by atoms with Gasteiger partial charge < -0.3 is 15.4 Å². The molecule has 0 radical (unpaired) electrons. The van der Waals surface area contributed by atoms with Crippen LogP contribution in [0.15, 0.2) is 30.5 Å². The molecule has 0 saturated heterocycles. The van der Waals surface area contributed by atoms with Gasteiger partial charge in [-0.15, -0.1) is 0 Å². The highest BCUT2D eigenvalue weighted by Gasteiger charge is 2.31. The molecule has 2 heterocycles. The average Bonchev–Trinajstić information content (AvgIpc) is 3.12. The van der Waals surface area contributed by atoms with Crippen LogP contribution >= 0.6 is 0 Å². The molecule has 8 nitrogen and oxygen atoms in total. The number of aromatic nitrogens is 2. The first-order chi connectivity index (χ1) is 15.0. The molecule has 32 heavy (non-hydrogen) atoms. The van der Waals surface area contributed by atoms with Crippen molar-refractivity contribution in [1.82, 2.24) is 20.4 Å². The Labute approximate surface area is 188 Å². The zero-order valence-corrected chi connectivity index (χ0v) is 19.4. The molecular weight excluding hydrogens is 408 g/mol. The molecule has 0 fully saturated rings. The molecule has 1 aliphatic heterocycles. The first kappa shape index (κ1) is 23.5. The van der Waals surface area contributed by atoms with Crippen molar-refractivity contribution in [1.29, 1.82) is 0 Å². The highest BCUT2D eigenvalue weighted by molar-refractivity contribution is 5.98. The van der Waals surface area contributed by atoms with Gasteiger partial charge >= 0.3 is 5.97 Å². The third kappa shape index (κ3) is 5.96. The highest BCUT2D eigenvalue weighted by Crippen LogP contribution is 2.25. The fourth-order valence-corrected chi connectivity index (χ4v) is 3.85. The number of nitrogens with one attached hydrogen (secondary N) is 2. The second-order valence-corrected chi connectivity index (χ2v) is 9.38. The monoisotopic (exact) mass is 440 g/mol. The topological polar surface area (TPSA) is 102 Å². The van der Waals surface area contributed by atoms with Gasteiger partial charge in [-0.2, -0.15) is 5.10 Å². The molecule has 0 aliphatic carbocycles. The standard InChI is InChI=1S/C24H32N4O4/c1-15-7-6-8-18(11-15)21(23(31)32-24(3,4)5)27-22(30)19-14-26-28-10-9-17(12-20(19)28)13-25-16(2)29/h6-8,11,14,17,21H,9-10,12-13H2,1-5H3,(H,25,29)(H,27,30). The largest absolute Gasteiger partial charge is 0.458 e. The Morgan fingerprint density at radius 3 is 2.69 bits per heavy atom. The van der Waals surface area contributed by atoms with Crippen molar-refractivity contribution >= 4 is 17.8 Å². The number of carbonyl (C=O) groups excluding carboxylic acids is 3. The zero-order valence-electron chi connectivity index (χ0n) is 19.4. The summed E-state index contributed by atoms with van der Waals surface area (Å²) >= 11 is 0. The molecule has 8 heteroatoms. The van der Waals surface area contributed by atoms with E-state index in [0.29, 0.717) is 30.6 Å². The summed E-state index contributed by atoms with van der Waals surface area (Å²) in [6.45, 7) is 10.1. The van der Waals surface area contributed by atoms with E-state index < -0.39 is 17.6 Å². The summed E-state index contributed by atoms with van der Waals surface area (Å²) in [5.41, 5.74) is 2.22. The molecule has 2 amide bonds. The Morgan fingerprint density at radius 2 is 2.03 bits per heavy atom. The number of aryl methyl sites for hydroxylation is 2. The summed E-state index contributed by atoms with van der Waals surface area (Å²) in [7, 11) is 0. The number of hydrogen-bond donors (Lipinski definition) is 2. The van der Waals surface area contributed by atoms with Gasteiger partial charge in [0, 0.05) is 20.0 Å². The van der Waals surface area contributed by atoms with E-state index in [9.17, 15) is 14.4 Å². The zero-order chi connectivity index (χ0) is 23.5. The molecule has 0 spiro atoms. The number of ether oxygens (including phenoxy) is 1. The molecule has 0 bridgehead atoms. The lowest BCUT2D eigenvalue weighted by Gasteiger charge is -2.26. The smallest absolute Gasteiger partial charge is 0.333 e. The van der Waals surface area contributed by atoms with Gasteiger partial charge in [0.05, 0.1) is 17.5 Å². The molecule has 2 N–H and O–H groups in total. The van der Waals surface area contributed by atoms with Gasteiger partial charge in [-0.25, -0.2) is 4.79 Å². The summed E-state index contributed by atoms with van der Waals surface area (Å²) in [5.74, 6) is -0.724. The van der Waals surface area contributed by atoms with E-state index in [2.05, 4.69) is 15.7 Å². The van der Waals surface area contributed by atoms with Gasteiger partial charge in [0.15, 0.2) is 6.04 Å². The van der Waals surface area contributed by atoms with E-state index in [0.717, 1.165) is 17.7 Å². The SMILES string of the molecule is CC(=O)NCC1CCn2ncc(C(=O)NC(C(=O)OC(C)(C)C)c3cccc(C)c3)c2C1. The second kappa shape index (κ2) is 9.54. The van der Waals surface area contributed by atoms with Crippen LogP contribution in [0.25, 0.3) is 0 Å². The predicted molar refractivity (Wildman–Crippen MR) is 120 cm³/mol. The molecule has 1 aromatic heterocycles. The van der Waals surface area contributed by atoms with Crippen molar-refractivity contribution in [3.8, 4) is 0 Å². The van der Waals surface area contributed by atoms with Gasteiger partial charge in [-0.05, 0) is 52.0 Å². The van der Waals surface area contributed by atoms with Crippen molar-refractivity contribution in [2.75, 3.05) is 6.54 Å². The van der Waals surface area contributed by atoms with E-state index in [1.54, 1.807) is 33.0 Å². The fraction of sp³-hybridized carbons (Fsp3) is 0.500. The molecule has 2 unspecified atom stereocenters. The quantitative estimate of drug-likeness (QED) is 0.673. The number of benzene rings is 1. The Morgan fingerprint density at radius 1 is 1.28 bits per heavy atom. The fourth-order valence-electron chi connectivity index (χ4n) is 3.85. The van der Waals surface area contributed by atoms with E-state index in [1.807, 2.05) is 29.8 Å². The lowest BCUT2D eigenvalue weighted by molar-refractivity contribution is -0.157. The Balaban J connectivity index is 1.82. The van der Waals surface area contributed by atoms with Crippen LogP contribution in [0.2, 0.25) is 0 Å².